The second-order valence-electron chi connectivity index (χ2n) is 4.29. The molecule has 22 heavy (non-hydrogen) atoms. The van der Waals surface area contributed by atoms with Crippen molar-refractivity contribution in [2.75, 3.05) is 11.9 Å². The molecule has 0 aliphatic rings. The van der Waals surface area contributed by atoms with Crippen LogP contribution in [0, 0.1) is 0 Å². The van der Waals surface area contributed by atoms with E-state index in [0.717, 1.165) is 0 Å². The molecule has 7 nitrogen and oxygen atoms in total. The van der Waals surface area contributed by atoms with Crippen LogP contribution in [0.4, 0.5) is 14.5 Å². The van der Waals surface area contributed by atoms with Crippen LogP contribution in [0.2, 0.25) is 0 Å². The number of carbonyl (C=O) groups is 2. The first-order chi connectivity index (χ1) is 10.5. The Kier molecular flexibility index (Phi) is 5.12. The van der Waals surface area contributed by atoms with Crippen LogP contribution in [0.3, 0.4) is 0 Å². The number of pyridine rings is 1. The van der Waals surface area contributed by atoms with Crippen molar-refractivity contribution in [2.24, 2.45) is 0 Å². The van der Waals surface area contributed by atoms with E-state index >= 15 is 0 Å². The van der Waals surface area contributed by atoms with E-state index in [1.54, 1.807) is 18.2 Å². The van der Waals surface area contributed by atoms with Crippen molar-refractivity contribution >= 4 is 17.5 Å². The van der Waals surface area contributed by atoms with Crippen molar-refractivity contribution in [3.05, 3.63) is 42.5 Å². The first-order valence-electron chi connectivity index (χ1n) is 6.34. The van der Waals surface area contributed by atoms with E-state index in [0.29, 0.717) is 5.69 Å². The number of hydrogen-bond donors (Lipinski definition) is 2. The third-order valence-corrected chi connectivity index (χ3v) is 2.55. The Balaban J connectivity index is 1.89. The Morgan fingerprint density at radius 2 is 2.14 bits per heavy atom. The molecule has 0 radical (unpaired) electrons. The van der Waals surface area contributed by atoms with Crippen molar-refractivity contribution in [2.45, 2.75) is 13.0 Å². The average Bonchev–Trinajstić information content (AvgIpc) is 2.93. The molecule has 2 amide bonds. The Labute approximate surface area is 124 Å². The zero-order valence-electron chi connectivity index (χ0n) is 11.4. The zero-order valence-corrected chi connectivity index (χ0v) is 11.4. The fraction of sp³-hybridized carbons (Fsp3) is 0.231. The summed E-state index contributed by atoms with van der Waals surface area (Å²) in [7, 11) is 0. The number of rotatable bonds is 6. The summed E-state index contributed by atoms with van der Waals surface area (Å²) in [5, 5.41) is 8.49. The maximum absolute atomic E-state index is 12.0. The summed E-state index contributed by atoms with van der Waals surface area (Å²) < 4.78 is 25.1. The lowest BCUT2D eigenvalue weighted by atomic mass is 10.3. The lowest BCUT2D eigenvalue weighted by molar-refractivity contribution is -0.122. The monoisotopic (exact) mass is 309 g/mol. The van der Waals surface area contributed by atoms with Gasteiger partial charge in [-0.15, -0.1) is 0 Å². The molecule has 0 bridgehead atoms. The van der Waals surface area contributed by atoms with Crippen molar-refractivity contribution in [3.63, 3.8) is 0 Å². The molecule has 0 saturated carbocycles. The Morgan fingerprint density at radius 1 is 1.32 bits per heavy atom. The summed E-state index contributed by atoms with van der Waals surface area (Å²) in [5.74, 6) is -1.01. The summed E-state index contributed by atoms with van der Waals surface area (Å²) in [6, 6.07) is 4.92. The number of halogens is 2. The first-order valence-corrected chi connectivity index (χ1v) is 6.34. The third-order valence-electron chi connectivity index (χ3n) is 2.55. The van der Waals surface area contributed by atoms with Crippen LogP contribution in [0.15, 0.2) is 36.8 Å². The molecule has 0 aliphatic carbocycles. The van der Waals surface area contributed by atoms with E-state index in [9.17, 15) is 18.4 Å². The number of amides is 2. The van der Waals surface area contributed by atoms with Gasteiger partial charge in [0.25, 0.3) is 12.3 Å². The maximum Gasteiger partial charge on any atom is 0.274 e. The molecule has 0 atom stereocenters. The van der Waals surface area contributed by atoms with E-state index in [-0.39, 0.29) is 12.2 Å². The van der Waals surface area contributed by atoms with Gasteiger partial charge in [-0.1, -0.05) is 6.07 Å². The van der Waals surface area contributed by atoms with Gasteiger partial charge >= 0.3 is 0 Å². The van der Waals surface area contributed by atoms with Crippen molar-refractivity contribution in [3.8, 4) is 0 Å². The van der Waals surface area contributed by atoms with Crippen LogP contribution in [-0.2, 0) is 11.3 Å². The lowest BCUT2D eigenvalue weighted by Gasteiger charge is -2.04. The predicted molar refractivity (Wildman–Crippen MR) is 73.4 cm³/mol. The van der Waals surface area contributed by atoms with E-state index in [1.807, 2.05) is 0 Å². The van der Waals surface area contributed by atoms with E-state index in [2.05, 4.69) is 20.7 Å². The molecule has 0 aromatic carbocycles. The van der Waals surface area contributed by atoms with Gasteiger partial charge < -0.3 is 10.6 Å². The zero-order chi connectivity index (χ0) is 15.9. The van der Waals surface area contributed by atoms with Gasteiger partial charge in [0.2, 0.25) is 5.91 Å². The molecule has 0 fully saturated rings. The number of aromatic nitrogens is 3. The quantitative estimate of drug-likeness (QED) is 0.830. The highest BCUT2D eigenvalue weighted by atomic mass is 19.3. The summed E-state index contributed by atoms with van der Waals surface area (Å²) in [4.78, 5) is 27.1. The second kappa shape index (κ2) is 7.25. The molecular weight excluding hydrogens is 296 g/mol. The minimum Gasteiger partial charge on any atom is -0.349 e. The van der Waals surface area contributed by atoms with E-state index < -0.39 is 24.8 Å². The van der Waals surface area contributed by atoms with Crippen molar-refractivity contribution < 1.29 is 18.4 Å². The molecule has 0 spiro atoms. The van der Waals surface area contributed by atoms with Gasteiger partial charge in [0, 0.05) is 12.4 Å². The van der Waals surface area contributed by atoms with Gasteiger partial charge in [0.15, 0.2) is 0 Å². The topological polar surface area (TPSA) is 88.9 Å². The highest BCUT2D eigenvalue weighted by Crippen LogP contribution is 2.07. The van der Waals surface area contributed by atoms with E-state index in [4.69, 9.17) is 0 Å². The molecule has 0 saturated heterocycles. The highest BCUT2D eigenvalue weighted by molar-refractivity contribution is 6.02. The SMILES string of the molecule is O=C(Cn1cc(NC(=O)c2ccccn2)cn1)NCC(F)F. The smallest absolute Gasteiger partial charge is 0.274 e. The van der Waals surface area contributed by atoms with Crippen molar-refractivity contribution in [1.82, 2.24) is 20.1 Å². The number of hydrogen-bond acceptors (Lipinski definition) is 4. The Morgan fingerprint density at radius 3 is 2.82 bits per heavy atom. The first kappa shape index (κ1) is 15.5. The summed E-state index contributed by atoms with van der Waals surface area (Å²) in [6.07, 6.45) is 1.66. The van der Waals surface area contributed by atoms with Crippen LogP contribution in [0.25, 0.3) is 0 Å². The van der Waals surface area contributed by atoms with Gasteiger partial charge in [0.05, 0.1) is 18.4 Å². The van der Waals surface area contributed by atoms with Gasteiger partial charge in [-0.05, 0) is 12.1 Å². The Hall–Kier alpha value is -2.84. The average molecular weight is 309 g/mol. The van der Waals surface area contributed by atoms with Gasteiger partial charge in [-0.3, -0.25) is 19.3 Å². The van der Waals surface area contributed by atoms with Gasteiger partial charge in [-0.2, -0.15) is 5.10 Å². The number of carbonyl (C=O) groups excluding carboxylic acids is 2. The minimum absolute atomic E-state index is 0.216. The number of nitrogens with one attached hydrogen (secondary N) is 2. The summed E-state index contributed by atoms with van der Waals surface area (Å²) in [5.41, 5.74) is 0.613. The van der Waals surface area contributed by atoms with Crippen LogP contribution >= 0.6 is 0 Å². The molecule has 0 aliphatic heterocycles. The summed E-state index contributed by atoms with van der Waals surface area (Å²) in [6.45, 7) is -0.921. The van der Waals surface area contributed by atoms with Gasteiger partial charge in [0.1, 0.15) is 12.2 Å². The summed E-state index contributed by atoms with van der Waals surface area (Å²) >= 11 is 0. The molecule has 2 rings (SSSR count). The van der Waals surface area contributed by atoms with Crippen molar-refractivity contribution in [1.29, 1.82) is 0 Å². The maximum atomic E-state index is 12.0. The van der Waals surface area contributed by atoms with Gasteiger partial charge in [-0.25, -0.2) is 8.78 Å². The predicted octanol–water partition coefficient (Wildman–Crippen LogP) is 0.912. The molecule has 2 aromatic heterocycles. The second-order valence-corrected chi connectivity index (χ2v) is 4.29. The molecule has 116 valence electrons. The number of nitrogens with zero attached hydrogens (tertiary/aromatic N) is 3. The Bertz CT molecular complexity index is 645. The lowest BCUT2D eigenvalue weighted by Crippen LogP contribution is -2.31. The van der Waals surface area contributed by atoms with E-state index in [1.165, 1.54) is 23.3 Å². The highest BCUT2D eigenvalue weighted by Gasteiger charge is 2.10. The molecule has 2 aromatic rings. The third kappa shape index (κ3) is 4.62. The van der Waals surface area contributed by atoms with Crippen LogP contribution in [0.5, 0.6) is 0 Å². The standard InChI is InChI=1S/C13H13F2N5O2/c14-11(15)6-17-12(21)8-20-7-9(5-18-20)19-13(22)10-3-1-2-4-16-10/h1-5,7,11H,6,8H2,(H,17,21)(H,19,22). The minimum atomic E-state index is -2.60. The molecule has 2 heterocycles. The molecule has 2 N–H and O–H groups in total. The van der Waals surface area contributed by atoms with Crippen LogP contribution < -0.4 is 10.6 Å². The fourth-order valence-corrected chi connectivity index (χ4v) is 1.60. The van der Waals surface area contributed by atoms with Crippen LogP contribution in [0.1, 0.15) is 10.5 Å². The molecule has 9 heteroatoms. The fourth-order valence-electron chi connectivity index (χ4n) is 1.60. The normalized spacial score (nSPS) is 10.5. The number of anilines is 1. The number of alkyl halides is 2. The van der Waals surface area contributed by atoms with Crippen LogP contribution in [-0.4, -0.2) is 39.5 Å². The molecular formula is C13H13F2N5O2. The largest absolute Gasteiger partial charge is 0.349 e. The molecule has 0 unspecified atom stereocenters.